The second kappa shape index (κ2) is 5.57. The lowest BCUT2D eigenvalue weighted by Crippen LogP contribution is -2.26. The minimum Gasteiger partial charge on any atom is -0.478 e. The van der Waals surface area contributed by atoms with E-state index in [9.17, 15) is 13.2 Å². The van der Waals surface area contributed by atoms with Crippen LogP contribution in [0.4, 0.5) is 5.69 Å². The van der Waals surface area contributed by atoms with Crippen molar-refractivity contribution in [1.82, 2.24) is 0 Å². The zero-order valence-corrected chi connectivity index (χ0v) is 12.5. The molecule has 110 valence electrons. The van der Waals surface area contributed by atoms with E-state index in [0.29, 0.717) is 5.69 Å². The summed E-state index contributed by atoms with van der Waals surface area (Å²) in [5.41, 5.74) is 1.48. The van der Waals surface area contributed by atoms with Gasteiger partial charge in [0.15, 0.2) is 0 Å². The van der Waals surface area contributed by atoms with Crippen molar-refractivity contribution < 1.29 is 18.3 Å². The average molecular weight is 305 g/mol. The maximum Gasteiger partial charge on any atom is 0.335 e. The summed E-state index contributed by atoms with van der Waals surface area (Å²) in [6.45, 7) is 1.91. The molecular formula is C15H15NO4S. The van der Waals surface area contributed by atoms with E-state index in [1.165, 1.54) is 25.2 Å². The molecule has 5 nitrogen and oxygen atoms in total. The molecule has 0 heterocycles. The molecule has 0 saturated carbocycles. The molecule has 0 radical (unpaired) electrons. The summed E-state index contributed by atoms with van der Waals surface area (Å²) in [5, 5.41) is 8.95. The van der Waals surface area contributed by atoms with Crippen LogP contribution in [0, 0.1) is 6.92 Å². The van der Waals surface area contributed by atoms with Gasteiger partial charge in [0.1, 0.15) is 0 Å². The minimum atomic E-state index is -3.79. The van der Waals surface area contributed by atoms with Crippen LogP contribution in [0.2, 0.25) is 0 Å². The van der Waals surface area contributed by atoms with Gasteiger partial charge in [0.25, 0.3) is 10.0 Å². The first-order chi connectivity index (χ1) is 9.82. The maximum atomic E-state index is 12.5. The van der Waals surface area contributed by atoms with Gasteiger partial charge in [-0.05, 0) is 37.3 Å². The van der Waals surface area contributed by atoms with Gasteiger partial charge in [0.2, 0.25) is 0 Å². The molecule has 21 heavy (non-hydrogen) atoms. The first-order valence-corrected chi connectivity index (χ1v) is 7.65. The Morgan fingerprint density at radius 1 is 1.10 bits per heavy atom. The van der Waals surface area contributed by atoms with E-state index in [1.807, 2.05) is 19.1 Å². The predicted molar refractivity (Wildman–Crippen MR) is 80.2 cm³/mol. The number of carboxylic acids is 1. The number of rotatable bonds is 4. The third kappa shape index (κ3) is 3.05. The molecule has 2 aromatic carbocycles. The number of carboxylic acid groups (broad SMARTS) is 1. The fraction of sp³-hybridized carbons (Fsp3) is 0.133. The first-order valence-electron chi connectivity index (χ1n) is 6.21. The first kappa shape index (κ1) is 15.1. The zero-order valence-electron chi connectivity index (χ0n) is 11.6. The van der Waals surface area contributed by atoms with Crippen LogP contribution in [0.15, 0.2) is 53.4 Å². The Bertz CT molecular complexity index is 767. The van der Waals surface area contributed by atoms with Crippen molar-refractivity contribution >= 4 is 21.7 Å². The molecule has 2 rings (SSSR count). The van der Waals surface area contributed by atoms with Gasteiger partial charge in [-0.2, -0.15) is 0 Å². The topological polar surface area (TPSA) is 74.7 Å². The molecular weight excluding hydrogens is 290 g/mol. The van der Waals surface area contributed by atoms with Gasteiger partial charge < -0.3 is 5.11 Å². The number of anilines is 1. The van der Waals surface area contributed by atoms with Gasteiger partial charge in [0.05, 0.1) is 16.1 Å². The summed E-state index contributed by atoms with van der Waals surface area (Å²) in [6, 6.07) is 12.3. The molecule has 0 aliphatic heterocycles. The van der Waals surface area contributed by atoms with E-state index in [2.05, 4.69) is 0 Å². The Balaban J connectivity index is 2.44. The van der Waals surface area contributed by atoms with Crippen LogP contribution < -0.4 is 4.31 Å². The number of aryl methyl sites for hydroxylation is 1. The SMILES string of the molecule is Cc1ccc(N(C)S(=O)(=O)c2cccc(C(=O)O)c2)cc1. The van der Waals surface area contributed by atoms with Crippen LogP contribution in [0.1, 0.15) is 15.9 Å². The van der Waals surface area contributed by atoms with Crippen molar-refractivity contribution in [2.24, 2.45) is 0 Å². The highest BCUT2D eigenvalue weighted by Crippen LogP contribution is 2.22. The predicted octanol–water partition coefficient (Wildman–Crippen LogP) is 2.52. The lowest BCUT2D eigenvalue weighted by molar-refractivity contribution is 0.0696. The molecule has 0 saturated heterocycles. The fourth-order valence-corrected chi connectivity index (χ4v) is 3.08. The standard InChI is InChI=1S/C15H15NO4S/c1-11-6-8-13(9-7-11)16(2)21(19,20)14-5-3-4-12(10-14)15(17)18/h3-10H,1-2H3,(H,17,18). The van der Waals surface area contributed by atoms with Crippen molar-refractivity contribution in [1.29, 1.82) is 0 Å². The summed E-state index contributed by atoms with van der Waals surface area (Å²) < 4.78 is 26.2. The molecule has 6 heteroatoms. The second-order valence-electron chi connectivity index (χ2n) is 4.64. The Morgan fingerprint density at radius 3 is 2.29 bits per heavy atom. The van der Waals surface area contributed by atoms with Crippen LogP contribution in [0.25, 0.3) is 0 Å². The number of nitrogens with zero attached hydrogens (tertiary/aromatic N) is 1. The van der Waals surface area contributed by atoms with E-state index in [1.54, 1.807) is 12.1 Å². The summed E-state index contributed by atoms with van der Waals surface area (Å²) in [7, 11) is -2.35. The fourth-order valence-electron chi connectivity index (χ4n) is 1.84. The monoisotopic (exact) mass is 305 g/mol. The van der Waals surface area contributed by atoms with Crippen molar-refractivity contribution in [2.75, 3.05) is 11.4 Å². The summed E-state index contributed by atoms with van der Waals surface area (Å²) in [4.78, 5) is 10.9. The average Bonchev–Trinajstić information content (AvgIpc) is 2.47. The number of sulfonamides is 1. The molecule has 1 N–H and O–H groups in total. The molecule has 0 unspecified atom stereocenters. The van der Waals surface area contributed by atoms with Gasteiger partial charge in [0, 0.05) is 7.05 Å². The van der Waals surface area contributed by atoms with Gasteiger partial charge in [-0.25, -0.2) is 13.2 Å². The van der Waals surface area contributed by atoms with Crippen molar-refractivity contribution in [3.8, 4) is 0 Å². The summed E-state index contributed by atoms with van der Waals surface area (Å²) >= 11 is 0. The Morgan fingerprint density at radius 2 is 1.71 bits per heavy atom. The normalized spacial score (nSPS) is 11.1. The third-order valence-corrected chi connectivity index (χ3v) is 4.92. The molecule has 0 spiro atoms. The molecule has 2 aromatic rings. The van der Waals surface area contributed by atoms with Crippen molar-refractivity contribution in [3.05, 3.63) is 59.7 Å². The zero-order chi connectivity index (χ0) is 15.6. The van der Waals surface area contributed by atoms with Crippen LogP contribution in [0.3, 0.4) is 0 Å². The van der Waals surface area contributed by atoms with Gasteiger partial charge in [-0.3, -0.25) is 4.31 Å². The number of hydrogen-bond donors (Lipinski definition) is 1. The van der Waals surface area contributed by atoms with E-state index in [-0.39, 0.29) is 10.5 Å². The highest BCUT2D eigenvalue weighted by atomic mass is 32.2. The molecule has 0 fully saturated rings. The molecule has 0 aromatic heterocycles. The number of carbonyl (C=O) groups is 1. The Kier molecular flexibility index (Phi) is 3.99. The van der Waals surface area contributed by atoms with E-state index < -0.39 is 16.0 Å². The van der Waals surface area contributed by atoms with Crippen LogP contribution in [0.5, 0.6) is 0 Å². The Labute approximate surface area is 123 Å². The lowest BCUT2D eigenvalue weighted by Gasteiger charge is -2.19. The van der Waals surface area contributed by atoms with Crippen LogP contribution in [-0.2, 0) is 10.0 Å². The third-order valence-electron chi connectivity index (χ3n) is 3.14. The molecule has 0 amide bonds. The second-order valence-corrected chi connectivity index (χ2v) is 6.61. The largest absolute Gasteiger partial charge is 0.478 e. The molecule has 0 aliphatic carbocycles. The van der Waals surface area contributed by atoms with Gasteiger partial charge in [-0.1, -0.05) is 23.8 Å². The maximum absolute atomic E-state index is 12.5. The quantitative estimate of drug-likeness (QED) is 0.942. The summed E-state index contributed by atoms with van der Waals surface area (Å²) in [6.07, 6.45) is 0. The number of benzene rings is 2. The van der Waals surface area contributed by atoms with E-state index in [0.717, 1.165) is 15.9 Å². The molecule has 0 bridgehead atoms. The van der Waals surface area contributed by atoms with E-state index >= 15 is 0 Å². The van der Waals surface area contributed by atoms with Gasteiger partial charge in [-0.15, -0.1) is 0 Å². The molecule has 0 atom stereocenters. The van der Waals surface area contributed by atoms with Gasteiger partial charge >= 0.3 is 5.97 Å². The smallest absolute Gasteiger partial charge is 0.335 e. The summed E-state index contributed by atoms with van der Waals surface area (Å²) in [5.74, 6) is -1.16. The highest BCUT2D eigenvalue weighted by Gasteiger charge is 2.22. The van der Waals surface area contributed by atoms with Crippen molar-refractivity contribution in [2.45, 2.75) is 11.8 Å². The number of aromatic carboxylic acids is 1. The minimum absolute atomic E-state index is 0.0505. The molecule has 0 aliphatic rings. The Hall–Kier alpha value is -2.34. The van der Waals surface area contributed by atoms with Crippen molar-refractivity contribution in [3.63, 3.8) is 0 Å². The van der Waals surface area contributed by atoms with Crippen LogP contribution in [-0.4, -0.2) is 26.5 Å². The lowest BCUT2D eigenvalue weighted by atomic mass is 10.2. The highest BCUT2D eigenvalue weighted by molar-refractivity contribution is 7.92. The number of hydrogen-bond acceptors (Lipinski definition) is 3. The van der Waals surface area contributed by atoms with Crippen LogP contribution >= 0.6 is 0 Å². The van der Waals surface area contributed by atoms with E-state index in [4.69, 9.17) is 5.11 Å².